The molecule has 282 valence electrons. The van der Waals surface area contributed by atoms with E-state index in [9.17, 15) is 14.4 Å². The van der Waals surface area contributed by atoms with E-state index in [1.54, 1.807) is 0 Å². The molecule has 5 heterocycles. The predicted molar refractivity (Wildman–Crippen MR) is 213 cm³/mol. The first-order chi connectivity index (χ1) is 25.2. The Hall–Kier alpha value is -4.02. The van der Waals surface area contributed by atoms with Crippen LogP contribution in [0.5, 0.6) is 0 Å². The zero-order valence-electron chi connectivity index (χ0n) is 33.6. The van der Waals surface area contributed by atoms with Crippen molar-refractivity contribution in [3.63, 3.8) is 0 Å². The smallest absolute Gasteiger partial charge is 0.664 e. The van der Waals surface area contributed by atoms with E-state index in [2.05, 4.69) is 55.4 Å². The number of Topliss-reactive ketones (excluding diaryl/α,β-unsaturated/α-hetero) is 1. The standard InChI is InChI=1S/C44H53N4O5.Mg/c1-11-29-26(7)33-19-31-24(5)25(6)32(45-31)20-34-27(8)30(15-16-37(49)53-18-17-23(4)14-12-13-22(2)3)41(47-34)39-40(44(51)52-10)43(50)38-28(9)35(48-42(38)39)21-36(29)46-33;/h17,19-22,27,30,40H,11-16,18H2,1-10H3,(H-,47,48,50);/q-3;+2/p-1/b23-17-,33-19-,34-20-,36-21-;/t27-,30-,40+;/m0./s1. The quantitative estimate of drug-likeness (QED) is 0.0955. The Morgan fingerprint density at radius 3 is 2.24 bits per heavy atom. The third-order valence-corrected chi connectivity index (χ3v) is 11.5. The van der Waals surface area contributed by atoms with Gasteiger partial charge in [-0.05, 0) is 84.1 Å². The number of rotatable bonds is 11. The third-order valence-electron chi connectivity index (χ3n) is 11.5. The summed E-state index contributed by atoms with van der Waals surface area (Å²) in [6, 6.07) is 0. The Kier molecular flexibility index (Phi) is 12.8. The van der Waals surface area contributed by atoms with Crippen molar-refractivity contribution in [1.82, 2.24) is 15.0 Å². The first kappa shape index (κ1) is 41.1. The van der Waals surface area contributed by atoms with Crippen LogP contribution in [0.2, 0.25) is 0 Å². The monoisotopic (exact) mass is 740 g/mol. The molecule has 0 saturated carbocycles. The molecule has 3 aromatic heterocycles. The van der Waals surface area contributed by atoms with E-state index in [4.69, 9.17) is 29.7 Å². The maximum Gasteiger partial charge on any atom is 2.00 e. The number of allylic oxidation sites excluding steroid dienone is 3. The minimum absolute atomic E-state index is 0. The number of methoxy groups -OCH3 is 1. The maximum atomic E-state index is 14.2. The number of hydrogen-bond acceptors (Lipinski definition) is 5. The van der Waals surface area contributed by atoms with Crippen LogP contribution in [0.25, 0.3) is 29.1 Å². The zero-order valence-corrected chi connectivity index (χ0v) is 35.0. The third kappa shape index (κ3) is 7.74. The van der Waals surface area contributed by atoms with Crippen LogP contribution in [0.4, 0.5) is 0 Å². The van der Waals surface area contributed by atoms with Crippen molar-refractivity contribution in [1.29, 1.82) is 0 Å². The fourth-order valence-electron chi connectivity index (χ4n) is 8.01. The van der Waals surface area contributed by atoms with Gasteiger partial charge in [-0.3, -0.25) is 14.4 Å². The number of carbonyl (C=O) groups excluding carboxylic acids is 3. The van der Waals surface area contributed by atoms with Gasteiger partial charge in [-0.2, -0.15) is 11.4 Å². The Balaban J connectivity index is 0.00000561. The van der Waals surface area contributed by atoms with Gasteiger partial charge in [0.2, 0.25) is 0 Å². The van der Waals surface area contributed by atoms with Gasteiger partial charge in [-0.1, -0.05) is 91.3 Å². The Labute approximate surface area is 335 Å². The summed E-state index contributed by atoms with van der Waals surface area (Å²) in [6.45, 7) is 19.0. The van der Waals surface area contributed by atoms with Gasteiger partial charge in [0.05, 0.1) is 7.11 Å². The summed E-state index contributed by atoms with van der Waals surface area (Å²) in [6.07, 6.45) is 12.6. The van der Waals surface area contributed by atoms with E-state index in [1.807, 2.05) is 31.2 Å². The number of nitrogens with zero attached hydrogens (tertiary/aromatic N) is 4. The van der Waals surface area contributed by atoms with Gasteiger partial charge in [0, 0.05) is 12.0 Å². The molecule has 3 aromatic rings. The van der Waals surface area contributed by atoms with Gasteiger partial charge in [-0.15, -0.1) is 33.5 Å². The molecule has 1 saturated heterocycles. The molecule has 6 rings (SSSR count). The second kappa shape index (κ2) is 16.8. The van der Waals surface area contributed by atoms with Crippen molar-refractivity contribution in [3.05, 3.63) is 95.2 Å². The molecule has 3 aliphatic rings. The summed E-state index contributed by atoms with van der Waals surface area (Å²) >= 11 is 0. The largest absolute Gasteiger partial charge is 2.00 e. The van der Waals surface area contributed by atoms with Crippen molar-refractivity contribution >= 4 is 64.6 Å². The fourth-order valence-corrected chi connectivity index (χ4v) is 8.01. The van der Waals surface area contributed by atoms with Gasteiger partial charge in [0.25, 0.3) is 0 Å². The maximum absolute atomic E-state index is 14.2. The van der Waals surface area contributed by atoms with Crippen molar-refractivity contribution in [2.45, 2.75) is 101 Å². The van der Waals surface area contributed by atoms with Gasteiger partial charge in [-0.25, -0.2) is 0 Å². The fraction of sp³-hybridized carbons (Fsp3) is 0.477. The van der Waals surface area contributed by atoms with Crippen LogP contribution < -0.4 is 25.7 Å². The molecular weight excluding hydrogens is 689 g/mol. The average molecular weight is 741 g/mol. The zero-order chi connectivity index (χ0) is 38.3. The molecule has 10 heteroatoms. The number of esters is 2. The molecule has 0 N–H and O–H groups in total. The molecule has 8 bridgehead atoms. The molecule has 2 aliphatic heterocycles. The Bertz CT molecular complexity index is 2190. The second-order valence-corrected chi connectivity index (χ2v) is 15.4. The SMILES string of the molecule is CCc1c(C)/c2[n-]/c1=C\c1[n-]c3c(c1C)C(=O)[C@H](C(=O)OC)/C3=C1/[N-]/C(=C\c3[n-]c(c(C)c3C)\C=2)[C@@H](C)[C@@H]1CCC(=O)OC/C=C(/C)CCCC(C)C.[Mg+2]. The normalized spacial score (nSPS) is 22.5. The molecule has 0 spiro atoms. The molecule has 0 unspecified atom stereocenters. The van der Waals surface area contributed by atoms with Crippen LogP contribution in [-0.2, 0) is 25.5 Å². The van der Waals surface area contributed by atoms with Gasteiger partial charge in [0.1, 0.15) is 12.5 Å². The van der Waals surface area contributed by atoms with E-state index in [-0.39, 0.29) is 59.7 Å². The summed E-state index contributed by atoms with van der Waals surface area (Å²) < 4.78 is 10.9. The van der Waals surface area contributed by atoms with Gasteiger partial charge < -0.3 is 29.7 Å². The van der Waals surface area contributed by atoms with Crippen LogP contribution in [0.15, 0.2) is 23.0 Å². The van der Waals surface area contributed by atoms with Crippen LogP contribution in [0.3, 0.4) is 0 Å². The van der Waals surface area contributed by atoms with Crippen LogP contribution >= 0.6 is 0 Å². The van der Waals surface area contributed by atoms with Crippen molar-refractivity contribution in [2.24, 2.45) is 23.7 Å². The minimum Gasteiger partial charge on any atom is -0.664 e. The summed E-state index contributed by atoms with van der Waals surface area (Å²) in [5, 5.41) is 6.85. The number of fused-ring (bicyclic) bond motifs is 7. The van der Waals surface area contributed by atoms with E-state index in [1.165, 1.54) is 19.1 Å². The van der Waals surface area contributed by atoms with E-state index in [0.717, 1.165) is 69.3 Å². The first-order valence-electron chi connectivity index (χ1n) is 19.0. The van der Waals surface area contributed by atoms with Gasteiger partial charge >= 0.3 is 35.0 Å². The molecule has 0 aromatic carbocycles. The number of ether oxygens (including phenoxy) is 2. The number of carbonyl (C=O) groups is 3. The Morgan fingerprint density at radius 1 is 0.907 bits per heavy atom. The van der Waals surface area contributed by atoms with Crippen molar-refractivity contribution in [2.75, 3.05) is 13.7 Å². The van der Waals surface area contributed by atoms with Crippen LogP contribution in [-0.4, -0.2) is 54.5 Å². The Morgan fingerprint density at radius 2 is 1.57 bits per heavy atom. The molecule has 54 heavy (non-hydrogen) atoms. The molecule has 1 fully saturated rings. The number of ketones is 1. The molecule has 1 aliphatic carbocycles. The van der Waals surface area contributed by atoms with Crippen molar-refractivity contribution < 1.29 is 23.9 Å². The van der Waals surface area contributed by atoms with Crippen LogP contribution in [0, 0.1) is 51.4 Å². The molecule has 0 amide bonds. The van der Waals surface area contributed by atoms with Gasteiger partial charge in [0.15, 0.2) is 5.78 Å². The summed E-state index contributed by atoms with van der Waals surface area (Å²) in [7, 11) is 1.29. The molecule has 9 nitrogen and oxygen atoms in total. The molecule has 3 atom stereocenters. The summed E-state index contributed by atoms with van der Waals surface area (Å²) in [4.78, 5) is 56.0. The minimum atomic E-state index is -1.20. The van der Waals surface area contributed by atoms with E-state index in [0.29, 0.717) is 46.1 Å². The number of hydrogen-bond donors (Lipinski definition) is 0. The van der Waals surface area contributed by atoms with E-state index >= 15 is 0 Å². The first-order valence-corrected chi connectivity index (χ1v) is 19.0. The predicted octanol–water partition coefficient (Wildman–Crippen LogP) is 6.42. The average Bonchev–Trinajstić information content (AvgIpc) is 3.85. The van der Waals surface area contributed by atoms with Crippen LogP contribution in [0.1, 0.15) is 128 Å². The summed E-state index contributed by atoms with van der Waals surface area (Å²) in [5.74, 6) is -2.29. The number of aromatic nitrogens is 3. The summed E-state index contributed by atoms with van der Waals surface area (Å²) in [5.41, 5.74) is 11.2. The van der Waals surface area contributed by atoms with E-state index < -0.39 is 11.9 Å². The molecule has 0 radical (unpaired) electrons. The topological polar surface area (TPSA) is 126 Å². The van der Waals surface area contributed by atoms with Crippen molar-refractivity contribution in [3.8, 4) is 0 Å². The molecular formula is C44H52MgN4O5-2. The second-order valence-electron chi connectivity index (χ2n) is 15.4.